The van der Waals surface area contributed by atoms with Gasteiger partial charge in [-0.15, -0.1) is 0 Å². The van der Waals surface area contributed by atoms with E-state index in [9.17, 15) is 10.1 Å². The van der Waals surface area contributed by atoms with Crippen LogP contribution in [0.4, 0.5) is 11.4 Å². The summed E-state index contributed by atoms with van der Waals surface area (Å²) < 4.78 is 7.69. The lowest BCUT2D eigenvalue weighted by Gasteiger charge is -2.35. The molecular weight excluding hydrogens is 320 g/mol. The van der Waals surface area contributed by atoms with Crippen molar-refractivity contribution in [2.24, 2.45) is 0 Å². The Morgan fingerprint density at radius 3 is 2.96 bits per heavy atom. The maximum absolute atomic E-state index is 11.7. The van der Waals surface area contributed by atoms with Crippen molar-refractivity contribution in [3.8, 4) is 5.75 Å². The molecule has 1 fully saturated rings. The average molecular weight is 344 g/mol. The molecule has 2 aromatic rings. The number of rotatable bonds is 6. The number of aryl methyl sites for hydroxylation is 1. The number of benzene rings is 1. The van der Waals surface area contributed by atoms with Crippen LogP contribution < -0.4 is 9.64 Å². The molecule has 1 aromatic heterocycles. The number of para-hydroxylation sites is 1. The Bertz CT molecular complexity index is 744. The van der Waals surface area contributed by atoms with Gasteiger partial charge in [-0.3, -0.25) is 10.1 Å². The Hall–Kier alpha value is -2.57. The predicted octanol–water partition coefficient (Wildman–Crippen LogP) is 3.59. The fourth-order valence-electron chi connectivity index (χ4n) is 3.57. The predicted molar refractivity (Wildman–Crippen MR) is 96.4 cm³/mol. The van der Waals surface area contributed by atoms with E-state index in [0.29, 0.717) is 18.0 Å². The first-order valence-corrected chi connectivity index (χ1v) is 8.82. The summed E-state index contributed by atoms with van der Waals surface area (Å²) in [7, 11) is 0. The zero-order valence-electron chi connectivity index (χ0n) is 14.7. The summed E-state index contributed by atoms with van der Waals surface area (Å²) in [6.07, 6.45) is 6.76. The fraction of sp³-hybridized carbons (Fsp3) is 0.500. The van der Waals surface area contributed by atoms with Crippen LogP contribution in [0.1, 0.15) is 38.6 Å². The van der Waals surface area contributed by atoms with Gasteiger partial charge in [0.1, 0.15) is 11.5 Å². The van der Waals surface area contributed by atoms with Crippen LogP contribution in [0.2, 0.25) is 0 Å². The highest BCUT2D eigenvalue weighted by molar-refractivity contribution is 5.70. The number of aromatic nitrogens is 2. The van der Waals surface area contributed by atoms with Gasteiger partial charge in [0.2, 0.25) is 0 Å². The van der Waals surface area contributed by atoms with Crippen molar-refractivity contribution in [2.75, 3.05) is 24.6 Å². The third kappa shape index (κ3) is 3.45. The Morgan fingerprint density at radius 2 is 2.24 bits per heavy atom. The standard InChI is InChI=1S/C18H24N4O3/c1-3-17-19-10-12-21(17)14-7-6-11-20(13-14)15-8-5-9-16(25-4-2)18(15)22(23)24/h5,8-10,12,14H,3-4,6-7,11,13H2,1-2H3. The number of piperidine rings is 1. The molecule has 0 aliphatic carbocycles. The summed E-state index contributed by atoms with van der Waals surface area (Å²) in [4.78, 5) is 17.8. The van der Waals surface area contributed by atoms with Crippen molar-refractivity contribution >= 4 is 11.4 Å². The minimum absolute atomic E-state index is 0.0614. The molecule has 3 rings (SSSR count). The topological polar surface area (TPSA) is 73.4 Å². The van der Waals surface area contributed by atoms with Crippen molar-refractivity contribution < 1.29 is 9.66 Å². The van der Waals surface area contributed by atoms with Crippen LogP contribution in [0, 0.1) is 10.1 Å². The molecule has 1 aliphatic heterocycles. The summed E-state index contributed by atoms with van der Waals surface area (Å²) in [5.74, 6) is 1.40. The molecule has 7 nitrogen and oxygen atoms in total. The number of anilines is 1. The lowest BCUT2D eigenvalue weighted by Crippen LogP contribution is -2.37. The second-order valence-electron chi connectivity index (χ2n) is 6.16. The quantitative estimate of drug-likeness (QED) is 0.591. The molecule has 0 radical (unpaired) electrons. The first kappa shape index (κ1) is 17.3. The zero-order chi connectivity index (χ0) is 17.8. The Morgan fingerprint density at radius 1 is 1.40 bits per heavy atom. The highest BCUT2D eigenvalue weighted by atomic mass is 16.6. The van der Waals surface area contributed by atoms with Gasteiger partial charge >= 0.3 is 5.69 Å². The largest absolute Gasteiger partial charge is 0.487 e. The van der Waals surface area contributed by atoms with Crippen LogP contribution in [0.3, 0.4) is 0 Å². The van der Waals surface area contributed by atoms with Gasteiger partial charge in [-0.25, -0.2) is 4.98 Å². The van der Waals surface area contributed by atoms with Gasteiger partial charge in [0.25, 0.3) is 0 Å². The summed E-state index contributed by atoms with van der Waals surface area (Å²) in [5, 5.41) is 11.7. The third-order valence-corrected chi connectivity index (χ3v) is 4.66. The lowest BCUT2D eigenvalue weighted by atomic mass is 10.0. The van der Waals surface area contributed by atoms with Crippen molar-refractivity contribution in [2.45, 2.75) is 39.2 Å². The molecule has 2 heterocycles. The van der Waals surface area contributed by atoms with Gasteiger partial charge in [-0.1, -0.05) is 13.0 Å². The van der Waals surface area contributed by atoms with E-state index in [1.807, 2.05) is 31.5 Å². The van der Waals surface area contributed by atoms with Crippen LogP contribution in [0.15, 0.2) is 30.6 Å². The number of nitro benzene ring substituents is 1. The van der Waals surface area contributed by atoms with E-state index in [0.717, 1.165) is 38.2 Å². The molecule has 1 saturated heterocycles. The van der Waals surface area contributed by atoms with E-state index in [1.54, 1.807) is 6.07 Å². The molecule has 0 bridgehead atoms. The monoisotopic (exact) mass is 344 g/mol. The van der Waals surface area contributed by atoms with Crippen LogP contribution in [0.5, 0.6) is 5.75 Å². The maximum Gasteiger partial charge on any atom is 0.333 e. The van der Waals surface area contributed by atoms with Gasteiger partial charge in [-0.05, 0) is 31.9 Å². The molecule has 0 N–H and O–H groups in total. The Labute approximate surface area is 147 Å². The molecule has 0 saturated carbocycles. The Balaban J connectivity index is 1.91. The summed E-state index contributed by atoms with van der Waals surface area (Å²) >= 11 is 0. The van der Waals surface area contributed by atoms with Crippen LogP contribution in [-0.2, 0) is 6.42 Å². The average Bonchev–Trinajstić information content (AvgIpc) is 3.10. The summed E-state index contributed by atoms with van der Waals surface area (Å²) in [5.41, 5.74) is 0.699. The van der Waals surface area contributed by atoms with Gasteiger partial charge in [0.05, 0.1) is 17.6 Å². The smallest absolute Gasteiger partial charge is 0.333 e. The van der Waals surface area contributed by atoms with Crippen molar-refractivity contribution in [3.63, 3.8) is 0 Å². The molecule has 7 heteroatoms. The van der Waals surface area contributed by atoms with E-state index in [-0.39, 0.29) is 16.7 Å². The zero-order valence-corrected chi connectivity index (χ0v) is 14.7. The van der Waals surface area contributed by atoms with Gasteiger partial charge < -0.3 is 14.2 Å². The number of hydrogen-bond donors (Lipinski definition) is 0. The van der Waals surface area contributed by atoms with E-state index >= 15 is 0 Å². The lowest BCUT2D eigenvalue weighted by molar-refractivity contribution is -0.385. The SMILES string of the molecule is CCOc1cccc(N2CCCC(n3ccnc3CC)C2)c1[N+](=O)[O-]. The molecule has 134 valence electrons. The van der Waals surface area contributed by atoms with Crippen LogP contribution in [0.25, 0.3) is 0 Å². The molecule has 1 aliphatic rings. The number of hydrogen-bond acceptors (Lipinski definition) is 5. The van der Waals surface area contributed by atoms with E-state index in [1.165, 1.54) is 0 Å². The molecule has 25 heavy (non-hydrogen) atoms. The van der Waals surface area contributed by atoms with E-state index in [4.69, 9.17) is 4.74 Å². The Kier molecular flexibility index (Phi) is 5.21. The maximum atomic E-state index is 11.7. The van der Waals surface area contributed by atoms with Gasteiger partial charge in [0, 0.05) is 31.9 Å². The molecule has 0 spiro atoms. The molecule has 1 aromatic carbocycles. The fourth-order valence-corrected chi connectivity index (χ4v) is 3.57. The summed E-state index contributed by atoms with van der Waals surface area (Å²) in [6, 6.07) is 5.59. The first-order valence-electron chi connectivity index (χ1n) is 8.82. The second kappa shape index (κ2) is 7.55. The number of nitro groups is 1. The molecule has 1 atom stereocenters. The molecule has 1 unspecified atom stereocenters. The summed E-state index contributed by atoms with van der Waals surface area (Å²) in [6.45, 7) is 5.87. The number of nitrogens with zero attached hydrogens (tertiary/aromatic N) is 4. The van der Waals surface area contributed by atoms with Crippen LogP contribution in [-0.4, -0.2) is 34.2 Å². The van der Waals surface area contributed by atoms with E-state index in [2.05, 4.69) is 21.4 Å². The second-order valence-corrected chi connectivity index (χ2v) is 6.16. The first-order chi connectivity index (χ1) is 12.2. The number of imidazole rings is 1. The molecule has 0 amide bonds. The van der Waals surface area contributed by atoms with Crippen molar-refractivity contribution in [3.05, 3.63) is 46.5 Å². The van der Waals surface area contributed by atoms with Gasteiger partial charge in [0.15, 0.2) is 5.75 Å². The number of ether oxygens (including phenoxy) is 1. The third-order valence-electron chi connectivity index (χ3n) is 4.66. The highest BCUT2D eigenvalue weighted by Crippen LogP contribution is 2.39. The van der Waals surface area contributed by atoms with E-state index < -0.39 is 0 Å². The van der Waals surface area contributed by atoms with Crippen LogP contribution >= 0.6 is 0 Å². The highest BCUT2D eigenvalue weighted by Gasteiger charge is 2.29. The van der Waals surface area contributed by atoms with Crippen molar-refractivity contribution in [1.29, 1.82) is 0 Å². The minimum atomic E-state index is -0.335. The van der Waals surface area contributed by atoms with Crippen molar-refractivity contribution in [1.82, 2.24) is 9.55 Å². The molecular formula is C18H24N4O3. The minimum Gasteiger partial charge on any atom is -0.487 e. The van der Waals surface area contributed by atoms with Gasteiger partial charge in [-0.2, -0.15) is 0 Å². The normalized spacial score (nSPS) is 17.5.